The lowest BCUT2D eigenvalue weighted by Crippen LogP contribution is -2.42. The third-order valence-electron chi connectivity index (χ3n) is 2.56. The molecule has 0 unspecified atom stereocenters. The van der Waals surface area contributed by atoms with Gasteiger partial charge in [-0.2, -0.15) is 0 Å². The number of nitrogens with zero attached hydrogens (tertiary/aromatic N) is 1. The number of alkyl carbamates (subject to hydrolysis) is 1. The molecule has 1 N–H and O–H groups in total. The lowest BCUT2D eigenvalue weighted by Gasteiger charge is -2.22. The van der Waals surface area contributed by atoms with Gasteiger partial charge in [-0.3, -0.25) is 0 Å². The first-order valence-corrected chi connectivity index (χ1v) is 6.45. The Balaban J connectivity index is 2.62. The number of ether oxygens (including phenoxy) is 3. The first-order valence-electron chi connectivity index (χ1n) is 6.45. The van der Waals surface area contributed by atoms with Crippen molar-refractivity contribution in [1.82, 2.24) is 5.32 Å². The van der Waals surface area contributed by atoms with Gasteiger partial charge in [0.15, 0.2) is 6.04 Å². The first-order chi connectivity index (χ1) is 9.14. The molecule has 0 aromatic rings. The van der Waals surface area contributed by atoms with Crippen LogP contribution in [0.3, 0.4) is 0 Å². The molecular formula is C13H22N2O5. The molecule has 0 radical (unpaired) electrons. The zero-order valence-electron chi connectivity index (χ0n) is 12.7. The molecule has 1 heterocycles. The summed E-state index contributed by atoms with van der Waals surface area (Å²) in [6.07, 6.45) is -0.981. The number of hydrogen-bond acceptors (Lipinski definition) is 6. The van der Waals surface area contributed by atoms with Crippen molar-refractivity contribution >= 4 is 18.0 Å². The molecule has 7 heteroatoms. The second-order valence-corrected chi connectivity index (χ2v) is 5.63. The fourth-order valence-electron chi connectivity index (χ4n) is 1.65. The predicted octanol–water partition coefficient (Wildman–Crippen LogP) is 1.26. The van der Waals surface area contributed by atoms with Crippen molar-refractivity contribution in [1.29, 1.82) is 0 Å². The maximum atomic E-state index is 11.6. The lowest BCUT2D eigenvalue weighted by atomic mass is 10.2. The minimum Gasteiger partial charge on any atom is -0.474 e. The summed E-state index contributed by atoms with van der Waals surface area (Å²) in [5.74, 6) is -0.171. The van der Waals surface area contributed by atoms with Gasteiger partial charge in [-0.1, -0.05) is 0 Å². The normalized spacial score (nSPS) is 23.4. The highest BCUT2D eigenvalue weighted by atomic mass is 16.6. The van der Waals surface area contributed by atoms with Crippen molar-refractivity contribution in [3.63, 3.8) is 0 Å². The summed E-state index contributed by atoms with van der Waals surface area (Å²) in [5, 5.41) is 2.61. The van der Waals surface area contributed by atoms with Crippen LogP contribution in [0.2, 0.25) is 0 Å². The van der Waals surface area contributed by atoms with E-state index in [1.807, 2.05) is 0 Å². The average Bonchev–Trinajstić information content (AvgIpc) is 2.67. The van der Waals surface area contributed by atoms with Crippen molar-refractivity contribution in [2.45, 2.75) is 58.4 Å². The highest BCUT2D eigenvalue weighted by molar-refractivity contribution is 5.90. The number of carbonyl (C=O) groups is 2. The fraction of sp³-hybridized carbons (Fsp3) is 0.769. The van der Waals surface area contributed by atoms with Gasteiger partial charge >= 0.3 is 12.1 Å². The Morgan fingerprint density at radius 3 is 2.50 bits per heavy atom. The van der Waals surface area contributed by atoms with E-state index >= 15 is 0 Å². The summed E-state index contributed by atoms with van der Waals surface area (Å²) in [7, 11) is 1.30. The third kappa shape index (κ3) is 4.40. The molecule has 114 valence electrons. The van der Waals surface area contributed by atoms with Gasteiger partial charge < -0.3 is 19.5 Å². The smallest absolute Gasteiger partial charge is 0.408 e. The van der Waals surface area contributed by atoms with Gasteiger partial charge in [0, 0.05) is 0 Å². The largest absolute Gasteiger partial charge is 0.474 e. The van der Waals surface area contributed by atoms with E-state index < -0.39 is 35.9 Å². The molecule has 20 heavy (non-hydrogen) atoms. The van der Waals surface area contributed by atoms with Crippen LogP contribution in [-0.4, -0.2) is 48.9 Å². The summed E-state index contributed by atoms with van der Waals surface area (Å²) < 4.78 is 15.2. The van der Waals surface area contributed by atoms with Gasteiger partial charge in [0.1, 0.15) is 17.7 Å². The van der Waals surface area contributed by atoms with Crippen LogP contribution >= 0.6 is 0 Å². The number of rotatable bonds is 3. The molecule has 1 aliphatic heterocycles. The highest BCUT2D eigenvalue weighted by Gasteiger charge is 2.36. The Kier molecular flexibility index (Phi) is 4.97. The SMILES string of the molecule is COC(=O)[C@H]1N=C([C@@H](C)NC(=O)OC(C)(C)C)O[C@@H]1C. The summed E-state index contributed by atoms with van der Waals surface area (Å²) >= 11 is 0. The van der Waals surface area contributed by atoms with E-state index in [0.29, 0.717) is 5.90 Å². The van der Waals surface area contributed by atoms with E-state index in [4.69, 9.17) is 9.47 Å². The number of hydrogen-bond donors (Lipinski definition) is 1. The summed E-state index contributed by atoms with van der Waals surface area (Å²) in [5.41, 5.74) is -0.579. The zero-order valence-corrected chi connectivity index (χ0v) is 12.7. The Morgan fingerprint density at radius 2 is 2.00 bits per heavy atom. The second-order valence-electron chi connectivity index (χ2n) is 5.63. The van der Waals surface area contributed by atoms with Crippen LogP contribution in [0.1, 0.15) is 34.6 Å². The summed E-state index contributed by atoms with van der Waals surface area (Å²) in [4.78, 5) is 27.3. The second kappa shape index (κ2) is 6.11. The number of methoxy groups -OCH3 is 1. The summed E-state index contributed by atoms with van der Waals surface area (Å²) in [6, 6.07) is -1.18. The van der Waals surface area contributed by atoms with Crippen molar-refractivity contribution < 1.29 is 23.8 Å². The molecule has 1 rings (SSSR count). The lowest BCUT2D eigenvalue weighted by molar-refractivity contribution is -0.143. The van der Waals surface area contributed by atoms with E-state index in [-0.39, 0.29) is 0 Å². The predicted molar refractivity (Wildman–Crippen MR) is 72.6 cm³/mol. The van der Waals surface area contributed by atoms with E-state index in [2.05, 4.69) is 15.0 Å². The number of amides is 1. The fourth-order valence-corrected chi connectivity index (χ4v) is 1.65. The van der Waals surface area contributed by atoms with E-state index in [0.717, 1.165) is 0 Å². The molecule has 0 aromatic heterocycles. The molecule has 0 saturated heterocycles. The van der Waals surface area contributed by atoms with Gasteiger partial charge in [0.05, 0.1) is 7.11 Å². The van der Waals surface area contributed by atoms with Crippen molar-refractivity contribution in [2.75, 3.05) is 7.11 Å². The molecule has 0 aliphatic carbocycles. The van der Waals surface area contributed by atoms with Gasteiger partial charge in [0.2, 0.25) is 5.90 Å². The van der Waals surface area contributed by atoms with Crippen LogP contribution < -0.4 is 5.32 Å². The van der Waals surface area contributed by atoms with E-state index in [9.17, 15) is 9.59 Å². The van der Waals surface area contributed by atoms with Crippen LogP contribution in [0.5, 0.6) is 0 Å². The van der Waals surface area contributed by atoms with Crippen LogP contribution in [-0.2, 0) is 19.0 Å². The Hall–Kier alpha value is -1.79. The van der Waals surface area contributed by atoms with E-state index in [1.54, 1.807) is 34.6 Å². The van der Waals surface area contributed by atoms with Crippen LogP contribution in [0.4, 0.5) is 4.79 Å². The number of carbonyl (C=O) groups excluding carboxylic acids is 2. The van der Waals surface area contributed by atoms with Crippen molar-refractivity contribution in [2.24, 2.45) is 4.99 Å². The van der Waals surface area contributed by atoms with Crippen LogP contribution in [0.25, 0.3) is 0 Å². The Labute approximate surface area is 118 Å². The molecule has 0 aromatic carbocycles. The van der Waals surface area contributed by atoms with Crippen molar-refractivity contribution in [3.05, 3.63) is 0 Å². The number of esters is 1. The maximum absolute atomic E-state index is 11.6. The zero-order chi connectivity index (χ0) is 15.5. The third-order valence-corrected chi connectivity index (χ3v) is 2.56. The molecule has 0 saturated carbocycles. The topological polar surface area (TPSA) is 86.2 Å². The van der Waals surface area contributed by atoms with Crippen molar-refractivity contribution in [3.8, 4) is 0 Å². The summed E-state index contributed by atoms with van der Waals surface area (Å²) in [6.45, 7) is 8.75. The monoisotopic (exact) mass is 286 g/mol. The Bertz CT molecular complexity index is 413. The molecular weight excluding hydrogens is 264 g/mol. The van der Waals surface area contributed by atoms with Gasteiger partial charge in [0.25, 0.3) is 0 Å². The van der Waals surface area contributed by atoms with Crippen LogP contribution in [0, 0.1) is 0 Å². The highest BCUT2D eigenvalue weighted by Crippen LogP contribution is 2.16. The average molecular weight is 286 g/mol. The van der Waals surface area contributed by atoms with E-state index in [1.165, 1.54) is 7.11 Å². The molecule has 1 aliphatic rings. The number of aliphatic imine (C=N–C) groups is 1. The standard InChI is InChI=1S/C13H22N2O5/c1-7(14-12(17)20-13(3,4)5)10-15-9(8(2)19-10)11(16)18-6/h7-9H,1-6H3,(H,14,17)/t7-,8-,9+/m1/s1. The Morgan fingerprint density at radius 1 is 1.40 bits per heavy atom. The molecule has 7 nitrogen and oxygen atoms in total. The first kappa shape index (κ1) is 16.3. The molecule has 0 bridgehead atoms. The van der Waals surface area contributed by atoms with Crippen LogP contribution in [0.15, 0.2) is 4.99 Å². The minimum absolute atomic E-state index is 0.291. The van der Waals surface area contributed by atoms with Gasteiger partial charge in [-0.25, -0.2) is 14.6 Å². The molecule has 0 spiro atoms. The molecule has 0 fully saturated rings. The number of nitrogens with one attached hydrogen (secondary N) is 1. The van der Waals surface area contributed by atoms with Gasteiger partial charge in [-0.15, -0.1) is 0 Å². The maximum Gasteiger partial charge on any atom is 0.408 e. The molecule has 1 amide bonds. The molecule has 3 atom stereocenters. The quantitative estimate of drug-likeness (QED) is 0.789. The minimum atomic E-state index is -0.696. The van der Waals surface area contributed by atoms with Gasteiger partial charge in [-0.05, 0) is 34.6 Å².